The van der Waals surface area contributed by atoms with Crippen LogP contribution >= 0.6 is 35.3 Å². The Kier molecular flexibility index (Phi) is 9.96. The number of aliphatic imine (C=N–C) groups is 1. The largest absolute Gasteiger partial charge is 0.381 e. The molecule has 1 saturated heterocycles. The molecule has 0 spiro atoms. The second kappa shape index (κ2) is 12.0. The highest BCUT2D eigenvalue weighted by Crippen LogP contribution is 2.35. The average molecular weight is 546 g/mol. The fraction of sp³-hybridized carbons (Fsp3) is 0.545. The molecule has 30 heavy (non-hydrogen) atoms. The Bertz CT molecular complexity index is 800. The molecule has 0 amide bonds. The molecular formula is C22H32FIN4OS. The lowest BCUT2D eigenvalue weighted by Crippen LogP contribution is -2.41. The Morgan fingerprint density at radius 1 is 1.20 bits per heavy atom. The van der Waals surface area contributed by atoms with Crippen LogP contribution in [0.4, 0.5) is 4.39 Å². The van der Waals surface area contributed by atoms with Crippen LogP contribution in [-0.2, 0) is 16.6 Å². The van der Waals surface area contributed by atoms with Crippen molar-refractivity contribution >= 4 is 41.3 Å². The summed E-state index contributed by atoms with van der Waals surface area (Å²) in [4.78, 5) is 10.8. The number of guanidine groups is 1. The van der Waals surface area contributed by atoms with Gasteiger partial charge in [-0.1, -0.05) is 12.1 Å². The SMILES string of the molecule is CCNC(=NCC1(c2ccc(F)cc2)CCOCC1)NCCc1nc(C)c(C)s1.I. The first-order valence-electron chi connectivity index (χ1n) is 10.3. The molecule has 5 nitrogen and oxygen atoms in total. The van der Waals surface area contributed by atoms with Gasteiger partial charge in [-0.15, -0.1) is 35.3 Å². The number of hydrogen-bond acceptors (Lipinski definition) is 4. The third kappa shape index (κ3) is 6.62. The number of nitrogens with zero attached hydrogens (tertiary/aromatic N) is 2. The molecule has 0 radical (unpaired) electrons. The molecule has 0 bridgehead atoms. The van der Waals surface area contributed by atoms with Gasteiger partial charge < -0.3 is 15.4 Å². The minimum atomic E-state index is -0.206. The van der Waals surface area contributed by atoms with E-state index < -0.39 is 0 Å². The highest BCUT2D eigenvalue weighted by atomic mass is 127. The molecule has 2 heterocycles. The standard InChI is InChI=1S/C22H31FN4OS.HI/c1-4-24-21(25-12-9-20-27-16(2)17(3)29-20)26-15-22(10-13-28-14-11-22)18-5-7-19(23)8-6-18;/h5-8H,4,9-15H2,1-3H3,(H2,24,25,26);1H. The van der Waals surface area contributed by atoms with Gasteiger partial charge in [-0.2, -0.15) is 0 Å². The van der Waals surface area contributed by atoms with Crippen molar-refractivity contribution in [1.29, 1.82) is 0 Å². The van der Waals surface area contributed by atoms with Crippen molar-refractivity contribution in [2.24, 2.45) is 4.99 Å². The summed E-state index contributed by atoms with van der Waals surface area (Å²) in [5, 5.41) is 7.91. The summed E-state index contributed by atoms with van der Waals surface area (Å²) in [5.41, 5.74) is 2.14. The first-order chi connectivity index (χ1) is 14.0. The molecule has 0 unspecified atom stereocenters. The zero-order valence-corrected chi connectivity index (χ0v) is 21.1. The zero-order chi connectivity index (χ0) is 20.7. The maximum atomic E-state index is 13.4. The lowest BCUT2D eigenvalue weighted by atomic mass is 9.74. The number of halogens is 2. The van der Waals surface area contributed by atoms with Gasteiger partial charge in [0.15, 0.2) is 5.96 Å². The molecule has 0 saturated carbocycles. The van der Waals surface area contributed by atoms with E-state index in [0.29, 0.717) is 19.8 Å². The second-order valence-corrected chi connectivity index (χ2v) is 8.81. The summed E-state index contributed by atoms with van der Waals surface area (Å²) >= 11 is 1.76. The van der Waals surface area contributed by atoms with Gasteiger partial charge >= 0.3 is 0 Å². The van der Waals surface area contributed by atoms with Crippen molar-refractivity contribution in [1.82, 2.24) is 15.6 Å². The van der Waals surface area contributed by atoms with E-state index in [9.17, 15) is 4.39 Å². The smallest absolute Gasteiger partial charge is 0.191 e. The Morgan fingerprint density at radius 3 is 2.50 bits per heavy atom. The Hall–Kier alpha value is -1.26. The molecule has 1 fully saturated rings. The molecule has 8 heteroatoms. The van der Waals surface area contributed by atoms with Crippen LogP contribution in [0.15, 0.2) is 29.3 Å². The number of rotatable bonds is 7. The van der Waals surface area contributed by atoms with E-state index in [4.69, 9.17) is 9.73 Å². The van der Waals surface area contributed by atoms with E-state index in [1.165, 1.54) is 17.0 Å². The van der Waals surface area contributed by atoms with Gasteiger partial charge in [0.25, 0.3) is 0 Å². The van der Waals surface area contributed by atoms with Crippen molar-refractivity contribution in [3.63, 3.8) is 0 Å². The van der Waals surface area contributed by atoms with E-state index >= 15 is 0 Å². The van der Waals surface area contributed by atoms with E-state index in [1.54, 1.807) is 11.3 Å². The Morgan fingerprint density at radius 2 is 1.90 bits per heavy atom. The molecule has 1 aromatic carbocycles. The number of nitrogens with one attached hydrogen (secondary N) is 2. The fourth-order valence-corrected chi connectivity index (χ4v) is 4.54. The van der Waals surface area contributed by atoms with Crippen molar-refractivity contribution in [3.05, 3.63) is 51.2 Å². The summed E-state index contributed by atoms with van der Waals surface area (Å²) in [7, 11) is 0. The summed E-state index contributed by atoms with van der Waals surface area (Å²) in [5.74, 6) is 0.604. The van der Waals surface area contributed by atoms with Crippen LogP contribution in [0.1, 0.15) is 40.9 Å². The van der Waals surface area contributed by atoms with E-state index in [2.05, 4.69) is 36.4 Å². The molecule has 1 aliphatic heterocycles. The van der Waals surface area contributed by atoms with Crippen LogP contribution in [0.2, 0.25) is 0 Å². The van der Waals surface area contributed by atoms with Gasteiger partial charge in [-0.25, -0.2) is 9.37 Å². The highest BCUT2D eigenvalue weighted by molar-refractivity contribution is 14.0. The number of ether oxygens (including phenoxy) is 1. The van der Waals surface area contributed by atoms with Gasteiger partial charge in [0.1, 0.15) is 5.82 Å². The molecule has 166 valence electrons. The van der Waals surface area contributed by atoms with Crippen molar-refractivity contribution in [2.45, 2.75) is 45.4 Å². The summed E-state index contributed by atoms with van der Waals surface area (Å²) in [6, 6.07) is 6.86. The topological polar surface area (TPSA) is 58.5 Å². The van der Waals surface area contributed by atoms with Gasteiger partial charge in [-0.3, -0.25) is 4.99 Å². The first-order valence-corrected chi connectivity index (χ1v) is 11.1. The quantitative estimate of drug-likeness (QED) is 0.308. The lowest BCUT2D eigenvalue weighted by Gasteiger charge is -2.36. The van der Waals surface area contributed by atoms with Crippen LogP contribution in [0.5, 0.6) is 0 Å². The van der Waals surface area contributed by atoms with Crippen LogP contribution in [0.3, 0.4) is 0 Å². The molecule has 0 aliphatic carbocycles. The maximum Gasteiger partial charge on any atom is 0.191 e. The predicted molar refractivity (Wildman–Crippen MR) is 133 cm³/mol. The average Bonchev–Trinajstić information content (AvgIpc) is 3.04. The van der Waals surface area contributed by atoms with Gasteiger partial charge in [0.2, 0.25) is 0 Å². The number of aryl methyl sites for hydroxylation is 2. The van der Waals surface area contributed by atoms with Crippen LogP contribution in [-0.4, -0.2) is 43.8 Å². The summed E-state index contributed by atoms with van der Waals surface area (Å²) in [6.07, 6.45) is 2.65. The number of benzene rings is 1. The number of hydrogen-bond donors (Lipinski definition) is 2. The van der Waals surface area contributed by atoms with Crippen LogP contribution < -0.4 is 10.6 Å². The van der Waals surface area contributed by atoms with E-state index in [-0.39, 0.29) is 35.2 Å². The zero-order valence-electron chi connectivity index (χ0n) is 18.0. The van der Waals surface area contributed by atoms with E-state index in [1.807, 2.05) is 12.1 Å². The summed E-state index contributed by atoms with van der Waals surface area (Å²) < 4.78 is 19.0. The molecule has 0 atom stereocenters. The number of thiazole rings is 1. The third-order valence-corrected chi connectivity index (χ3v) is 6.63. The molecular weight excluding hydrogens is 514 g/mol. The van der Waals surface area contributed by atoms with Gasteiger partial charge in [0, 0.05) is 43.0 Å². The minimum Gasteiger partial charge on any atom is -0.381 e. The second-order valence-electron chi connectivity index (χ2n) is 7.52. The van der Waals surface area contributed by atoms with E-state index in [0.717, 1.165) is 54.6 Å². The van der Waals surface area contributed by atoms with Crippen molar-refractivity contribution < 1.29 is 9.13 Å². The normalized spacial score (nSPS) is 16.1. The highest BCUT2D eigenvalue weighted by Gasteiger charge is 2.34. The third-order valence-electron chi connectivity index (χ3n) is 5.49. The minimum absolute atomic E-state index is 0. The monoisotopic (exact) mass is 546 g/mol. The lowest BCUT2D eigenvalue weighted by molar-refractivity contribution is 0.0531. The Labute approximate surface area is 200 Å². The molecule has 1 aliphatic rings. The van der Waals surface area contributed by atoms with Crippen molar-refractivity contribution in [3.8, 4) is 0 Å². The first kappa shape index (κ1) is 25.0. The van der Waals surface area contributed by atoms with Crippen LogP contribution in [0, 0.1) is 19.7 Å². The molecule has 3 rings (SSSR count). The molecule has 2 aromatic rings. The fourth-order valence-electron chi connectivity index (χ4n) is 3.61. The molecule has 1 aromatic heterocycles. The summed E-state index contributed by atoms with van der Waals surface area (Å²) in [6.45, 7) is 9.87. The van der Waals surface area contributed by atoms with Gasteiger partial charge in [-0.05, 0) is 51.3 Å². The molecule has 2 N–H and O–H groups in total. The Balaban J connectivity index is 0.00000320. The number of aromatic nitrogens is 1. The van der Waals surface area contributed by atoms with Gasteiger partial charge in [0.05, 0.1) is 17.2 Å². The predicted octanol–water partition coefficient (Wildman–Crippen LogP) is 4.36. The van der Waals surface area contributed by atoms with Crippen LogP contribution in [0.25, 0.3) is 0 Å². The maximum absolute atomic E-state index is 13.4. The van der Waals surface area contributed by atoms with Crippen molar-refractivity contribution in [2.75, 3.05) is 32.8 Å².